The van der Waals surface area contributed by atoms with Gasteiger partial charge in [0.2, 0.25) is 11.7 Å². The maximum atomic E-state index is 12.4. The fourth-order valence-electron chi connectivity index (χ4n) is 3.39. The number of aromatic nitrogens is 2. The number of phenolic OH excluding ortho intramolecular Hbond substituents is 1. The standard InChI is InChI=1S/C20H18ClN3O4/c1-27-15-7-11(8-16(28-2)19(15)26)14-9-17(25)23-20-18(14)22-10-24(20)13-5-3-12(21)4-6-13/h3-8,10,14,26H,9H2,1-2H3,(H,23,25). The molecule has 0 fully saturated rings. The summed E-state index contributed by atoms with van der Waals surface area (Å²) >= 11 is 5.97. The van der Waals surface area contributed by atoms with E-state index in [1.807, 2.05) is 16.7 Å². The molecule has 144 valence electrons. The summed E-state index contributed by atoms with van der Waals surface area (Å²) in [4.78, 5) is 17.0. The third-order valence-corrected chi connectivity index (χ3v) is 5.03. The van der Waals surface area contributed by atoms with Gasteiger partial charge in [0.1, 0.15) is 12.1 Å². The Balaban J connectivity index is 1.82. The van der Waals surface area contributed by atoms with Crippen LogP contribution in [0.5, 0.6) is 17.2 Å². The minimum atomic E-state index is -0.305. The summed E-state index contributed by atoms with van der Waals surface area (Å²) in [6.07, 6.45) is 1.89. The first-order valence-electron chi connectivity index (χ1n) is 8.59. The molecular formula is C20H18ClN3O4. The highest BCUT2D eigenvalue weighted by atomic mass is 35.5. The Labute approximate surface area is 166 Å². The van der Waals surface area contributed by atoms with E-state index in [-0.39, 0.29) is 35.5 Å². The molecule has 1 unspecified atom stereocenters. The Morgan fingerprint density at radius 3 is 2.43 bits per heavy atom. The van der Waals surface area contributed by atoms with Crippen molar-refractivity contribution < 1.29 is 19.4 Å². The smallest absolute Gasteiger partial charge is 0.226 e. The normalized spacial score (nSPS) is 15.7. The first kappa shape index (κ1) is 18.2. The number of halogens is 1. The van der Waals surface area contributed by atoms with E-state index in [1.54, 1.807) is 30.6 Å². The zero-order chi connectivity index (χ0) is 19.8. The molecule has 0 radical (unpaired) electrons. The SMILES string of the molecule is COc1cc(C2CC(=O)Nc3c2ncn3-c2ccc(Cl)cc2)cc(OC)c1O. The third-order valence-electron chi connectivity index (χ3n) is 4.78. The molecule has 28 heavy (non-hydrogen) atoms. The van der Waals surface area contributed by atoms with Gasteiger partial charge in [-0.1, -0.05) is 11.6 Å². The van der Waals surface area contributed by atoms with E-state index in [2.05, 4.69) is 10.3 Å². The number of aromatic hydroxyl groups is 1. The van der Waals surface area contributed by atoms with Crippen molar-refractivity contribution in [3.63, 3.8) is 0 Å². The molecule has 4 rings (SSSR count). The number of rotatable bonds is 4. The summed E-state index contributed by atoms with van der Waals surface area (Å²) in [5.74, 6) is 0.647. The number of nitrogens with zero attached hydrogens (tertiary/aromatic N) is 2. The molecule has 1 aromatic heterocycles. The van der Waals surface area contributed by atoms with Crippen molar-refractivity contribution in [3.8, 4) is 22.9 Å². The molecule has 8 heteroatoms. The molecule has 1 aliphatic rings. The number of phenols is 1. The van der Waals surface area contributed by atoms with Crippen LogP contribution >= 0.6 is 11.6 Å². The van der Waals surface area contributed by atoms with Crippen molar-refractivity contribution in [3.05, 3.63) is 59.0 Å². The van der Waals surface area contributed by atoms with Gasteiger partial charge in [0.25, 0.3) is 0 Å². The zero-order valence-electron chi connectivity index (χ0n) is 15.3. The van der Waals surface area contributed by atoms with Crippen LogP contribution in [0.2, 0.25) is 5.02 Å². The molecule has 2 aromatic carbocycles. The molecule has 0 saturated heterocycles. The van der Waals surface area contributed by atoms with Crippen molar-refractivity contribution in [1.29, 1.82) is 0 Å². The molecule has 2 N–H and O–H groups in total. The van der Waals surface area contributed by atoms with Gasteiger partial charge in [-0.3, -0.25) is 9.36 Å². The van der Waals surface area contributed by atoms with Gasteiger partial charge >= 0.3 is 0 Å². The number of nitrogens with one attached hydrogen (secondary N) is 1. The Kier molecular flexibility index (Phi) is 4.60. The van der Waals surface area contributed by atoms with Crippen LogP contribution in [-0.2, 0) is 4.79 Å². The lowest BCUT2D eigenvalue weighted by Crippen LogP contribution is -2.25. The summed E-state index contributed by atoms with van der Waals surface area (Å²) < 4.78 is 12.3. The predicted molar refractivity (Wildman–Crippen MR) is 105 cm³/mol. The highest BCUT2D eigenvalue weighted by Crippen LogP contribution is 2.44. The van der Waals surface area contributed by atoms with Crippen LogP contribution in [0.15, 0.2) is 42.7 Å². The Morgan fingerprint density at radius 2 is 1.82 bits per heavy atom. The number of methoxy groups -OCH3 is 2. The minimum Gasteiger partial charge on any atom is -0.502 e. The lowest BCUT2D eigenvalue weighted by Gasteiger charge is -2.24. The highest BCUT2D eigenvalue weighted by Gasteiger charge is 2.32. The van der Waals surface area contributed by atoms with Gasteiger partial charge in [0, 0.05) is 23.0 Å². The summed E-state index contributed by atoms with van der Waals surface area (Å²) in [5, 5.41) is 13.7. The Bertz CT molecular complexity index is 1020. The Morgan fingerprint density at radius 1 is 1.18 bits per heavy atom. The van der Waals surface area contributed by atoms with Crippen LogP contribution in [0.3, 0.4) is 0 Å². The maximum absolute atomic E-state index is 12.4. The monoisotopic (exact) mass is 399 g/mol. The van der Waals surface area contributed by atoms with E-state index in [4.69, 9.17) is 21.1 Å². The molecule has 0 aliphatic carbocycles. The topological polar surface area (TPSA) is 85.6 Å². The minimum absolute atomic E-state index is 0.0825. The summed E-state index contributed by atoms with van der Waals surface area (Å²) in [5.41, 5.74) is 2.33. The van der Waals surface area contributed by atoms with Crippen molar-refractivity contribution in [2.24, 2.45) is 0 Å². The van der Waals surface area contributed by atoms with E-state index in [0.29, 0.717) is 10.8 Å². The van der Waals surface area contributed by atoms with Crippen LogP contribution in [0, 0.1) is 0 Å². The van der Waals surface area contributed by atoms with Gasteiger partial charge in [-0.05, 0) is 42.0 Å². The molecule has 0 bridgehead atoms. The lowest BCUT2D eigenvalue weighted by molar-refractivity contribution is -0.116. The van der Waals surface area contributed by atoms with Crippen molar-refractivity contribution in [2.75, 3.05) is 19.5 Å². The second-order valence-electron chi connectivity index (χ2n) is 6.40. The van der Waals surface area contributed by atoms with Gasteiger partial charge in [0.15, 0.2) is 11.5 Å². The zero-order valence-corrected chi connectivity index (χ0v) is 16.0. The van der Waals surface area contributed by atoms with Crippen LogP contribution in [0.4, 0.5) is 5.82 Å². The Hall–Kier alpha value is -3.19. The number of ether oxygens (including phenoxy) is 2. The second-order valence-corrected chi connectivity index (χ2v) is 6.84. The molecule has 7 nitrogen and oxygen atoms in total. The number of hydrogen-bond acceptors (Lipinski definition) is 5. The van der Waals surface area contributed by atoms with E-state index in [9.17, 15) is 9.90 Å². The average Bonchev–Trinajstić information content (AvgIpc) is 3.12. The van der Waals surface area contributed by atoms with Gasteiger partial charge in [-0.25, -0.2) is 4.98 Å². The highest BCUT2D eigenvalue weighted by molar-refractivity contribution is 6.30. The number of hydrogen-bond donors (Lipinski definition) is 2. The second kappa shape index (κ2) is 7.09. The molecule has 1 aliphatic heterocycles. The van der Waals surface area contributed by atoms with E-state index in [0.717, 1.165) is 16.9 Å². The number of carbonyl (C=O) groups is 1. The number of imidazole rings is 1. The first-order chi connectivity index (χ1) is 13.5. The van der Waals surface area contributed by atoms with Crippen LogP contribution in [0.1, 0.15) is 23.6 Å². The lowest BCUT2D eigenvalue weighted by atomic mass is 9.89. The summed E-state index contributed by atoms with van der Waals surface area (Å²) in [6, 6.07) is 10.7. The van der Waals surface area contributed by atoms with Gasteiger partial charge < -0.3 is 19.9 Å². The molecule has 0 spiro atoms. The van der Waals surface area contributed by atoms with E-state index in [1.165, 1.54) is 14.2 Å². The molecule has 2 heterocycles. The number of benzene rings is 2. The average molecular weight is 400 g/mol. The number of fused-ring (bicyclic) bond motifs is 1. The largest absolute Gasteiger partial charge is 0.502 e. The van der Waals surface area contributed by atoms with Crippen molar-refractivity contribution in [2.45, 2.75) is 12.3 Å². The van der Waals surface area contributed by atoms with Gasteiger partial charge in [-0.2, -0.15) is 0 Å². The fraction of sp³-hybridized carbons (Fsp3) is 0.200. The number of amides is 1. The summed E-state index contributed by atoms with van der Waals surface area (Å²) in [6.45, 7) is 0. The molecule has 0 saturated carbocycles. The van der Waals surface area contributed by atoms with Crippen LogP contribution in [-0.4, -0.2) is 34.8 Å². The molecular weight excluding hydrogens is 382 g/mol. The van der Waals surface area contributed by atoms with Gasteiger partial charge in [-0.15, -0.1) is 0 Å². The molecule has 1 atom stereocenters. The van der Waals surface area contributed by atoms with Crippen molar-refractivity contribution >= 4 is 23.3 Å². The van der Waals surface area contributed by atoms with Crippen LogP contribution in [0.25, 0.3) is 5.69 Å². The summed E-state index contributed by atoms with van der Waals surface area (Å²) in [7, 11) is 2.93. The number of carbonyl (C=O) groups excluding carboxylic acids is 1. The quantitative estimate of drug-likeness (QED) is 0.698. The fourth-order valence-corrected chi connectivity index (χ4v) is 3.52. The first-order valence-corrected chi connectivity index (χ1v) is 8.97. The van der Waals surface area contributed by atoms with E-state index >= 15 is 0 Å². The maximum Gasteiger partial charge on any atom is 0.226 e. The van der Waals surface area contributed by atoms with Gasteiger partial charge in [0.05, 0.1) is 19.9 Å². The molecule has 3 aromatic rings. The third kappa shape index (κ3) is 3.03. The molecule has 1 amide bonds. The predicted octanol–water partition coefficient (Wildman–Crippen LogP) is 3.72. The van der Waals surface area contributed by atoms with Crippen molar-refractivity contribution in [1.82, 2.24) is 9.55 Å². The van der Waals surface area contributed by atoms with Crippen LogP contribution < -0.4 is 14.8 Å². The number of anilines is 1. The van der Waals surface area contributed by atoms with E-state index < -0.39 is 0 Å².